The van der Waals surface area contributed by atoms with E-state index >= 15 is 0 Å². The van der Waals surface area contributed by atoms with Gasteiger partial charge in [-0.2, -0.15) is 0 Å². The topological polar surface area (TPSA) is 41.0 Å². The first-order chi connectivity index (χ1) is 13.4. The van der Waals surface area contributed by atoms with E-state index in [1.54, 1.807) is 12.1 Å². The summed E-state index contributed by atoms with van der Waals surface area (Å²) in [5.41, 5.74) is 1.72. The van der Waals surface area contributed by atoms with Crippen LogP contribution in [0.2, 0.25) is 15.1 Å². The van der Waals surface area contributed by atoms with Gasteiger partial charge in [-0.3, -0.25) is 0 Å². The van der Waals surface area contributed by atoms with Gasteiger partial charge >= 0.3 is 0 Å². The lowest BCUT2D eigenvalue weighted by Gasteiger charge is -2.12. The fourth-order valence-electron chi connectivity index (χ4n) is 2.72. The zero-order valence-electron chi connectivity index (χ0n) is 15.7. The number of anilines is 1. The smallest absolute Gasteiger partial charge is 0.154 e. The zero-order valence-corrected chi connectivity index (χ0v) is 18.0. The van der Waals surface area contributed by atoms with E-state index in [2.05, 4.69) is 34.3 Å². The lowest BCUT2D eigenvalue weighted by molar-refractivity contribution is 0.405. The molecule has 0 spiro atoms. The van der Waals surface area contributed by atoms with Crippen LogP contribution in [-0.2, 0) is 0 Å². The molecule has 0 amide bonds. The molecule has 3 aromatic rings. The van der Waals surface area contributed by atoms with Gasteiger partial charge in [0.1, 0.15) is 5.82 Å². The molecule has 1 N–H and O–H groups in total. The molecule has 0 aliphatic rings. The van der Waals surface area contributed by atoms with Gasteiger partial charge < -0.3 is 10.2 Å². The van der Waals surface area contributed by atoms with E-state index in [0.717, 1.165) is 41.8 Å². The number of nitrogens with zero attached hydrogens (tertiary/aromatic N) is 3. The maximum atomic E-state index is 6.16. The highest BCUT2D eigenvalue weighted by Crippen LogP contribution is 2.26. The van der Waals surface area contributed by atoms with Gasteiger partial charge in [0.25, 0.3) is 0 Å². The van der Waals surface area contributed by atoms with Gasteiger partial charge in [0, 0.05) is 17.0 Å². The minimum Gasteiger partial charge on any atom is -0.369 e. The summed E-state index contributed by atoms with van der Waals surface area (Å²) < 4.78 is 0. The van der Waals surface area contributed by atoms with Gasteiger partial charge in [-0.05, 0) is 69.0 Å². The maximum Gasteiger partial charge on any atom is 0.154 e. The molecule has 0 aliphatic carbocycles. The Morgan fingerprint density at radius 1 is 0.964 bits per heavy atom. The van der Waals surface area contributed by atoms with Crippen molar-refractivity contribution in [3.63, 3.8) is 0 Å². The van der Waals surface area contributed by atoms with E-state index < -0.39 is 0 Å². The number of hydrogen-bond donors (Lipinski definition) is 1. The number of halogens is 3. The van der Waals surface area contributed by atoms with Crippen LogP contribution in [0.5, 0.6) is 0 Å². The van der Waals surface area contributed by atoms with Crippen LogP contribution in [0.1, 0.15) is 17.8 Å². The van der Waals surface area contributed by atoms with Crippen molar-refractivity contribution >= 4 is 63.7 Å². The summed E-state index contributed by atoms with van der Waals surface area (Å²) in [6.07, 6.45) is 4.77. The average Bonchev–Trinajstić information content (AvgIpc) is 2.65. The Labute approximate surface area is 180 Å². The quantitative estimate of drug-likeness (QED) is 0.454. The van der Waals surface area contributed by atoms with Crippen molar-refractivity contribution in [3.8, 4) is 0 Å². The third-order valence-electron chi connectivity index (χ3n) is 4.12. The molecule has 1 aromatic heterocycles. The van der Waals surface area contributed by atoms with Crippen molar-refractivity contribution in [1.82, 2.24) is 14.9 Å². The van der Waals surface area contributed by atoms with Crippen LogP contribution in [0.25, 0.3) is 23.1 Å². The molecule has 146 valence electrons. The molecule has 0 aliphatic heterocycles. The molecule has 2 aromatic carbocycles. The lowest BCUT2D eigenvalue weighted by atomic mass is 10.2. The predicted molar refractivity (Wildman–Crippen MR) is 122 cm³/mol. The van der Waals surface area contributed by atoms with Crippen molar-refractivity contribution in [2.24, 2.45) is 0 Å². The fourth-order valence-corrected chi connectivity index (χ4v) is 3.19. The molecular formula is C21H21Cl3N4. The number of hydrogen-bond acceptors (Lipinski definition) is 4. The number of aromatic nitrogens is 2. The summed E-state index contributed by atoms with van der Waals surface area (Å²) in [5, 5.41) is 6.05. The monoisotopic (exact) mass is 434 g/mol. The summed E-state index contributed by atoms with van der Waals surface area (Å²) in [4.78, 5) is 11.5. The minimum atomic E-state index is 0.512. The summed E-state index contributed by atoms with van der Waals surface area (Å²) in [6.45, 7) is 1.83. The Hall–Kier alpha value is -1.85. The van der Waals surface area contributed by atoms with Crippen LogP contribution in [0.3, 0.4) is 0 Å². The SMILES string of the molecule is CN(C)CCCNc1nc(/C=C/c2ccc(Cl)c(Cl)c2)nc2cc(Cl)ccc12. The minimum absolute atomic E-state index is 0.512. The molecule has 7 heteroatoms. The third-order valence-corrected chi connectivity index (χ3v) is 5.09. The van der Waals surface area contributed by atoms with Crippen molar-refractivity contribution in [3.05, 3.63) is 62.9 Å². The average molecular weight is 436 g/mol. The van der Waals surface area contributed by atoms with Crippen LogP contribution in [0.15, 0.2) is 36.4 Å². The van der Waals surface area contributed by atoms with Crippen LogP contribution in [0.4, 0.5) is 5.82 Å². The Balaban J connectivity index is 1.88. The molecule has 4 nitrogen and oxygen atoms in total. The summed E-state index contributed by atoms with van der Waals surface area (Å²) in [6, 6.07) is 11.1. The van der Waals surface area contributed by atoms with E-state index in [-0.39, 0.29) is 0 Å². The normalized spacial score (nSPS) is 11.6. The number of benzene rings is 2. The van der Waals surface area contributed by atoms with Gasteiger partial charge in [0.15, 0.2) is 5.82 Å². The molecule has 0 bridgehead atoms. The molecule has 0 radical (unpaired) electrons. The van der Waals surface area contributed by atoms with Gasteiger partial charge in [0.05, 0.1) is 15.6 Å². The van der Waals surface area contributed by atoms with Crippen LogP contribution in [0, 0.1) is 0 Å². The second kappa shape index (κ2) is 9.57. The van der Waals surface area contributed by atoms with E-state index in [1.165, 1.54) is 0 Å². The largest absolute Gasteiger partial charge is 0.369 e. The lowest BCUT2D eigenvalue weighted by Crippen LogP contribution is -2.17. The molecule has 1 heterocycles. The highest BCUT2D eigenvalue weighted by molar-refractivity contribution is 6.42. The van der Waals surface area contributed by atoms with Crippen LogP contribution < -0.4 is 5.32 Å². The number of nitrogens with one attached hydrogen (secondary N) is 1. The molecule has 0 unspecified atom stereocenters. The van der Waals surface area contributed by atoms with Gasteiger partial charge in [-0.1, -0.05) is 46.9 Å². The fraction of sp³-hybridized carbons (Fsp3) is 0.238. The Kier molecular flexibility index (Phi) is 7.13. The van der Waals surface area contributed by atoms with E-state index in [9.17, 15) is 0 Å². The van der Waals surface area contributed by atoms with Gasteiger partial charge in [0.2, 0.25) is 0 Å². The van der Waals surface area contributed by atoms with Crippen molar-refractivity contribution in [2.45, 2.75) is 6.42 Å². The summed E-state index contributed by atoms with van der Waals surface area (Å²) >= 11 is 18.2. The highest BCUT2D eigenvalue weighted by atomic mass is 35.5. The second-order valence-corrected chi connectivity index (χ2v) is 7.93. The Morgan fingerprint density at radius 3 is 2.54 bits per heavy atom. The standard InChI is InChI=1S/C21H21Cl3N4/c1-28(2)11-3-10-25-21-16-7-6-15(22)13-19(16)26-20(27-21)9-5-14-4-8-17(23)18(24)12-14/h4-9,12-13H,3,10-11H2,1-2H3,(H,25,26,27)/b9-5+. The Morgan fingerprint density at radius 2 is 1.79 bits per heavy atom. The first kappa shape index (κ1) is 20.9. The summed E-state index contributed by atoms with van der Waals surface area (Å²) in [5.74, 6) is 1.39. The molecule has 0 atom stereocenters. The first-order valence-electron chi connectivity index (χ1n) is 8.91. The highest BCUT2D eigenvalue weighted by Gasteiger charge is 2.07. The van der Waals surface area contributed by atoms with Gasteiger partial charge in [-0.25, -0.2) is 9.97 Å². The van der Waals surface area contributed by atoms with Crippen LogP contribution >= 0.6 is 34.8 Å². The first-order valence-corrected chi connectivity index (χ1v) is 10.0. The zero-order chi connectivity index (χ0) is 20.1. The molecule has 3 rings (SSSR count). The molecule has 0 fully saturated rings. The van der Waals surface area contributed by atoms with Crippen molar-refractivity contribution in [1.29, 1.82) is 0 Å². The van der Waals surface area contributed by atoms with Gasteiger partial charge in [-0.15, -0.1) is 0 Å². The molecule has 28 heavy (non-hydrogen) atoms. The maximum absolute atomic E-state index is 6.16. The second-order valence-electron chi connectivity index (χ2n) is 6.68. The van der Waals surface area contributed by atoms with E-state index in [0.29, 0.717) is 20.9 Å². The number of rotatable bonds is 7. The molecule has 0 saturated heterocycles. The third kappa shape index (κ3) is 5.58. The van der Waals surface area contributed by atoms with Crippen LogP contribution in [-0.4, -0.2) is 42.1 Å². The van der Waals surface area contributed by atoms with Crippen molar-refractivity contribution in [2.75, 3.05) is 32.5 Å². The number of fused-ring (bicyclic) bond motifs is 1. The predicted octanol–water partition coefficient (Wildman–Crippen LogP) is 6.12. The van der Waals surface area contributed by atoms with E-state index in [4.69, 9.17) is 34.8 Å². The molecule has 0 saturated carbocycles. The summed E-state index contributed by atoms with van der Waals surface area (Å²) in [7, 11) is 4.13. The van der Waals surface area contributed by atoms with E-state index in [1.807, 2.05) is 36.4 Å². The molecular weight excluding hydrogens is 415 g/mol. The van der Waals surface area contributed by atoms with Crippen molar-refractivity contribution < 1.29 is 0 Å². The Bertz CT molecular complexity index is 1000.